The summed E-state index contributed by atoms with van der Waals surface area (Å²) in [7, 11) is 0. The topological polar surface area (TPSA) is 24.9 Å². The maximum Gasteiger partial charge on any atom is 0.110 e. The minimum atomic E-state index is 0.345. The van der Waals surface area contributed by atoms with Gasteiger partial charge in [0, 0.05) is 11.1 Å². The molecule has 1 aromatic heterocycles. The average molecular weight is 246 g/mol. The number of thiazole rings is 1. The number of benzene rings is 1. The van der Waals surface area contributed by atoms with Crippen molar-refractivity contribution in [1.29, 1.82) is 0 Å². The van der Waals surface area contributed by atoms with Gasteiger partial charge in [-0.3, -0.25) is 0 Å². The second-order valence-corrected chi connectivity index (χ2v) is 5.13. The van der Waals surface area contributed by atoms with Gasteiger partial charge in [0.05, 0.1) is 6.04 Å². The van der Waals surface area contributed by atoms with Crippen molar-refractivity contribution in [3.8, 4) is 0 Å². The summed E-state index contributed by atoms with van der Waals surface area (Å²) in [5.74, 6) is 0. The van der Waals surface area contributed by atoms with Gasteiger partial charge in [-0.1, -0.05) is 30.3 Å². The van der Waals surface area contributed by atoms with Gasteiger partial charge in [0.25, 0.3) is 0 Å². The SMILES string of the molecule is Cc1csc(C(C)NCCc2ccccc2)n1. The Labute approximate surface area is 107 Å². The molecule has 0 amide bonds. The first kappa shape index (κ1) is 12.3. The summed E-state index contributed by atoms with van der Waals surface area (Å²) >= 11 is 1.73. The first-order chi connectivity index (χ1) is 8.25. The van der Waals surface area contributed by atoms with Crippen LogP contribution in [0.5, 0.6) is 0 Å². The molecule has 0 aliphatic carbocycles. The smallest absolute Gasteiger partial charge is 0.110 e. The monoisotopic (exact) mass is 246 g/mol. The van der Waals surface area contributed by atoms with E-state index in [1.54, 1.807) is 11.3 Å². The Morgan fingerprint density at radius 3 is 2.71 bits per heavy atom. The van der Waals surface area contributed by atoms with Gasteiger partial charge < -0.3 is 5.32 Å². The number of nitrogens with zero attached hydrogens (tertiary/aromatic N) is 1. The first-order valence-electron chi connectivity index (χ1n) is 5.95. The van der Waals surface area contributed by atoms with E-state index in [0.29, 0.717) is 6.04 Å². The molecule has 0 saturated carbocycles. The van der Waals surface area contributed by atoms with Crippen molar-refractivity contribution in [2.75, 3.05) is 6.54 Å². The van der Waals surface area contributed by atoms with Crippen LogP contribution < -0.4 is 5.32 Å². The van der Waals surface area contributed by atoms with E-state index in [2.05, 4.69) is 52.9 Å². The van der Waals surface area contributed by atoms with E-state index in [4.69, 9.17) is 0 Å². The molecule has 1 unspecified atom stereocenters. The van der Waals surface area contributed by atoms with Crippen LogP contribution in [-0.2, 0) is 6.42 Å². The molecule has 2 aromatic rings. The van der Waals surface area contributed by atoms with Gasteiger partial charge >= 0.3 is 0 Å². The molecule has 1 aromatic carbocycles. The lowest BCUT2D eigenvalue weighted by Crippen LogP contribution is -2.21. The molecule has 1 N–H and O–H groups in total. The van der Waals surface area contributed by atoms with Crippen molar-refractivity contribution < 1.29 is 0 Å². The van der Waals surface area contributed by atoms with Crippen molar-refractivity contribution in [1.82, 2.24) is 10.3 Å². The van der Waals surface area contributed by atoms with Gasteiger partial charge in [-0.15, -0.1) is 11.3 Å². The van der Waals surface area contributed by atoms with Gasteiger partial charge in [0.15, 0.2) is 0 Å². The van der Waals surface area contributed by atoms with E-state index < -0.39 is 0 Å². The van der Waals surface area contributed by atoms with Crippen LogP contribution in [0.15, 0.2) is 35.7 Å². The number of hydrogen-bond donors (Lipinski definition) is 1. The third-order valence-electron chi connectivity index (χ3n) is 2.71. The predicted octanol–water partition coefficient (Wildman–Crippen LogP) is 3.34. The van der Waals surface area contributed by atoms with E-state index in [1.807, 2.05) is 6.92 Å². The van der Waals surface area contributed by atoms with Crippen LogP contribution in [-0.4, -0.2) is 11.5 Å². The molecule has 90 valence electrons. The van der Waals surface area contributed by atoms with E-state index in [1.165, 1.54) is 10.6 Å². The van der Waals surface area contributed by atoms with Crippen molar-refractivity contribution in [3.63, 3.8) is 0 Å². The molecule has 0 aliphatic rings. The minimum absolute atomic E-state index is 0.345. The second kappa shape index (κ2) is 5.94. The second-order valence-electron chi connectivity index (χ2n) is 4.24. The molecule has 0 radical (unpaired) electrons. The Balaban J connectivity index is 1.79. The van der Waals surface area contributed by atoms with E-state index in [9.17, 15) is 0 Å². The summed E-state index contributed by atoms with van der Waals surface area (Å²) < 4.78 is 0. The summed E-state index contributed by atoms with van der Waals surface area (Å²) in [4.78, 5) is 4.49. The zero-order chi connectivity index (χ0) is 12.1. The summed E-state index contributed by atoms with van der Waals surface area (Å²) in [6.45, 7) is 5.20. The van der Waals surface area contributed by atoms with Gasteiger partial charge in [-0.25, -0.2) is 4.98 Å². The molecule has 17 heavy (non-hydrogen) atoms. The Hall–Kier alpha value is -1.19. The first-order valence-corrected chi connectivity index (χ1v) is 6.83. The third-order valence-corrected chi connectivity index (χ3v) is 3.86. The van der Waals surface area contributed by atoms with Crippen molar-refractivity contribution in [3.05, 3.63) is 52.0 Å². The molecule has 1 heterocycles. The summed E-state index contributed by atoms with van der Waals surface area (Å²) in [6.07, 6.45) is 1.07. The maximum atomic E-state index is 4.49. The number of aryl methyl sites for hydroxylation is 1. The predicted molar refractivity (Wildman–Crippen MR) is 73.4 cm³/mol. The Morgan fingerprint density at radius 2 is 2.06 bits per heavy atom. The Morgan fingerprint density at radius 1 is 1.29 bits per heavy atom. The van der Waals surface area contributed by atoms with Crippen LogP contribution in [0.3, 0.4) is 0 Å². The zero-order valence-corrected chi connectivity index (χ0v) is 11.1. The molecule has 0 aliphatic heterocycles. The van der Waals surface area contributed by atoms with Crippen LogP contribution in [0.1, 0.15) is 29.2 Å². The highest BCUT2D eigenvalue weighted by Gasteiger charge is 2.07. The molecule has 2 nitrogen and oxygen atoms in total. The highest BCUT2D eigenvalue weighted by Crippen LogP contribution is 2.17. The molecule has 1 atom stereocenters. The number of rotatable bonds is 5. The molecule has 0 fully saturated rings. The summed E-state index contributed by atoms with van der Waals surface area (Å²) in [5, 5.41) is 6.79. The van der Waals surface area contributed by atoms with Gasteiger partial charge in [0.2, 0.25) is 0 Å². The lowest BCUT2D eigenvalue weighted by molar-refractivity contribution is 0.573. The van der Waals surface area contributed by atoms with Crippen molar-refractivity contribution in [2.45, 2.75) is 26.3 Å². The average Bonchev–Trinajstić information content (AvgIpc) is 2.77. The largest absolute Gasteiger partial charge is 0.308 e. The van der Waals surface area contributed by atoms with Crippen molar-refractivity contribution >= 4 is 11.3 Å². The lowest BCUT2D eigenvalue weighted by Gasteiger charge is -2.10. The summed E-state index contributed by atoms with van der Waals surface area (Å²) in [5.41, 5.74) is 2.49. The van der Waals surface area contributed by atoms with Gasteiger partial charge in [-0.05, 0) is 32.4 Å². The van der Waals surface area contributed by atoms with E-state index >= 15 is 0 Å². The molecule has 0 saturated heterocycles. The number of hydrogen-bond acceptors (Lipinski definition) is 3. The molecular formula is C14H18N2S. The fraction of sp³-hybridized carbons (Fsp3) is 0.357. The van der Waals surface area contributed by atoms with Gasteiger partial charge in [-0.2, -0.15) is 0 Å². The number of aromatic nitrogens is 1. The maximum absolute atomic E-state index is 4.49. The highest BCUT2D eigenvalue weighted by molar-refractivity contribution is 7.09. The quantitative estimate of drug-likeness (QED) is 0.875. The van der Waals surface area contributed by atoms with Crippen LogP contribution in [0.25, 0.3) is 0 Å². The molecule has 0 spiro atoms. The van der Waals surface area contributed by atoms with E-state index in [-0.39, 0.29) is 0 Å². The van der Waals surface area contributed by atoms with Crippen LogP contribution >= 0.6 is 11.3 Å². The third kappa shape index (κ3) is 3.65. The van der Waals surface area contributed by atoms with Gasteiger partial charge in [0.1, 0.15) is 5.01 Å². The van der Waals surface area contributed by atoms with Crippen LogP contribution in [0, 0.1) is 6.92 Å². The normalized spacial score (nSPS) is 12.6. The lowest BCUT2D eigenvalue weighted by atomic mass is 10.1. The fourth-order valence-electron chi connectivity index (χ4n) is 1.74. The van der Waals surface area contributed by atoms with Crippen molar-refractivity contribution in [2.24, 2.45) is 0 Å². The van der Waals surface area contributed by atoms with Crippen LogP contribution in [0.4, 0.5) is 0 Å². The Kier molecular flexibility index (Phi) is 4.29. The van der Waals surface area contributed by atoms with E-state index in [0.717, 1.165) is 18.7 Å². The molecular weight excluding hydrogens is 228 g/mol. The minimum Gasteiger partial charge on any atom is -0.308 e. The van der Waals surface area contributed by atoms with Crippen LogP contribution in [0.2, 0.25) is 0 Å². The number of nitrogens with one attached hydrogen (secondary N) is 1. The highest BCUT2D eigenvalue weighted by atomic mass is 32.1. The summed E-state index contributed by atoms with van der Waals surface area (Å²) in [6, 6.07) is 10.9. The Bertz CT molecular complexity index is 450. The fourth-order valence-corrected chi connectivity index (χ4v) is 2.56. The molecule has 0 bridgehead atoms. The molecule has 2 rings (SSSR count). The molecule has 3 heteroatoms. The zero-order valence-electron chi connectivity index (χ0n) is 10.3. The standard InChI is InChI=1S/C14H18N2S/c1-11-10-17-14(16-11)12(2)15-9-8-13-6-4-3-5-7-13/h3-7,10,12,15H,8-9H2,1-2H3.